The predicted octanol–water partition coefficient (Wildman–Crippen LogP) is 4.67. The van der Waals surface area contributed by atoms with E-state index in [0.717, 1.165) is 12.0 Å². The number of hydrogen-bond acceptors (Lipinski definition) is 5. The zero-order valence-corrected chi connectivity index (χ0v) is 20.7. The molecule has 0 aromatic heterocycles. The molecular formula is C26H31N3O4S. The van der Waals surface area contributed by atoms with Gasteiger partial charge in [0.15, 0.2) is 0 Å². The van der Waals surface area contributed by atoms with Crippen molar-refractivity contribution in [2.45, 2.75) is 31.7 Å². The number of nitrogens with one attached hydrogen (secondary N) is 3. The van der Waals surface area contributed by atoms with Crippen LogP contribution in [0.2, 0.25) is 0 Å². The van der Waals surface area contributed by atoms with E-state index in [2.05, 4.69) is 53.5 Å². The smallest absolute Gasteiger partial charge is 0.255 e. The summed E-state index contributed by atoms with van der Waals surface area (Å²) in [7, 11) is -0.841. The normalized spacial score (nSPS) is 11.3. The fraction of sp³-hybridized carbons (Fsp3) is 0.269. The average Bonchev–Trinajstić information content (AvgIpc) is 2.83. The molecule has 8 heteroatoms. The fourth-order valence-electron chi connectivity index (χ4n) is 3.45. The minimum Gasteiger partial charge on any atom is -0.497 e. The molecule has 0 saturated heterocycles. The van der Waals surface area contributed by atoms with Crippen LogP contribution in [0, 0.1) is 5.92 Å². The molecule has 3 aromatic carbocycles. The molecule has 0 heterocycles. The number of hydrogen-bond donors (Lipinski definition) is 3. The summed E-state index contributed by atoms with van der Waals surface area (Å²) in [5.41, 5.74) is 3.66. The Kier molecular flexibility index (Phi) is 8.31. The van der Waals surface area contributed by atoms with Crippen molar-refractivity contribution in [2.24, 2.45) is 5.92 Å². The second-order valence-electron chi connectivity index (χ2n) is 8.40. The van der Waals surface area contributed by atoms with Crippen LogP contribution in [0.3, 0.4) is 0 Å². The molecule has 3 N–H and O–H groups in total. The van der Waals surface area contributed by atoms with Gasteiger partial charge in [-0.2, -0.15) is 0 Å². The molecule has 0 unspecified atom stereocenters. The second-order valence-corrected chi connectivity index (χ2v) is 10.3. The van der Waals surface area contributed by atoms with E-state index in [1.54, 1.807) is 37.4 Å². The van der Waals surface area contributed by atoms with E-state index in [0.29, 0.717) is 29.6 Å². The van der Waals surface area contributed by atoms with Crippen molar-refractivity contribution < 1.29 is 17.9 Å². The topological polar surface area (TPSA) is 96.5 Å². The molecule has 0 radical (unpaired) electrons. The van der Waals surface area contributed by atoms with Gasteiger partial charge in [0, 0.05) is 23.5 Å². The number of benzene rings is 3. The summed E-state index contributed by atoms with van der Waals surface area (Å²) in [6.07, 6.45) is 1.02. The highest BCUT2D eigenvalue weighted by molar-refractivity contribution is 7.89. The third-order valence-corrected chi connectivity index (χ3v) is 6.65. The van der Waals surface area contributed by atoms with Crippen molar-refractivity contribution >= 4 is 27.3 Å². The molecule has 0 aliphatic rings. The maximum atomic E-state index is 12.9. The molecule has 3 rings (SSSR count). The third-order valence-electron chi connectivity index (χ3n) is 5.26. The molecule has 0 fully saturated rings. The van der Waals surface area contributed by atoms with Crippen molar-refractivity contribution in [1.29, 1.82) is 0 Å². The van der Waals surface area contributed by atoms with Crippen LogP contribution in [-0.2, 0) is 23.0 Å². The first-order valence-electron chi connectivity index (χ1n) is 11.1. The van der Waals surface area contributed by atoms with E-state index in [9.17, 15) is 13.2 Å². The van der Waals surface area contributed by atoms with Gasteiger partial charge in [-0.3, -0.25) is 4.79 Å². The number of ether oxygens (including phenoxy) is 1. The Morgan fingerprint density at radius 2 is 1.56 bits per heavy atom. The average molecular weight is 482 g/mol. The highest BCUT2D eigenvalue weighted by Crippen LogP contribution is 2.22. The summed E-state index contributed by atoms with van der Waals surface area (Å²) in [4.78, 5) is 12.9. The van der Waals surface area contributed by atoms with E-state index in [1.807, 2.05) is 0 Å². The van der Waals surface area contributed by atoms with E-state index < -0.39 is 15.9 Å². The van der Waals surface area contributed by atoms with Gasteiger partial charge in [0.25, 0.3) is 5.91 Å². The van der Waals surface area contributed by atoms with Gasteiger partial charge in [-0.15, -0.1) is 0 Å². The van der Waals surface area contributed by atoms with Gasteiger partial charge in [0.1, 0.15) is 5.75 Å². The molecule has 34 heavy (non-hydrogen) atoms. The summed E-state index contributed by atoms with van der Waals surface area (Å²) < 4.78 is 32.4. The maximum absolute atomic E-state index is 12.9. The Bertz CT molecular complexity index is 1220. The van der Waals surface area contributed by atoms with Gasteiger partial charge in [-0.1, -0.05) is 38.1 Å². The Labute approximate surface area is 201 Å². The molecule has 0 aliphatic carbocycles. The lowest BCUT2D eigenvalue weighted by molar-refractivity contribution is 0.102. The summed E-state index contributed by atoms with van der Waals surface area (Å²) in [6.45, 7) is 4.86. The highest BCUT2D eigenvalue weighted by atomic mass is 32.2. The van der Waals surface area contributed by atoms with Gasteiger partial charge < -0.3 is 15.4 Å². The van der Waals surface area contributed by atoms with Crippen LogP contribution in [0.1, 0.15) is 35.3 Å². The lowest BCUT2D eigenvalue weighted by Crippen LogP contribution is -2.20. The first-order chi connectivity index (χ1) is 16.2. The molecule has 7 nitrogen and oxygen atoms in total. The quantitative estimate of drug-likeness (QED) is 0.391. The van der Waals surface area contributed by atoms with Crippen molar-refractivity contribution in [3.8, 4) is 5.75 Å². The molecule has 0 atom stereocenters. The van der Waals surface area contributed by atoms with Gasteiger partial charge in [0.2, 0.25) is 10.0 Å². The van der Waals surface area contributed by atoms with Crippen LogP contribution in [0.15, 0.2) is 71.6 Å². The van der Waals surface area contributed by atoms with Gasteiger partial charge in [0.05, 0.1) is 12.0 Å². The molecular weight excluding hydrogens is 450 g/mol. The monoisotopic (exact) mass is 481 g/mol. The van der Waals surface area contributed by atoms with Gasteiger partial charge in [-0.25, -0.2) is 13.1 Å². The molecule has 0 saturated carbocycles. The highest BCUT2D eigenvalue weighted by Gasteiger charge is 2.17. The first-order valence-corrected chi connectivity index (χ1v) is 12.5. The van der Waals surface area contributed by atoms with Crippen LogP contribution < -0.4 is 20.1 Å². The maximum Gasteiger partial charge on any atom is 0.255 e. The van der Waals surface area contributed by atoms with E-state index in [4.69, 9.17) is 4.74 Å². The van der Waals surface area contributed by atoms with Crippen molar-refractivity contribution in [2.75, 3.05) is 24.8 Å². The Morgan fingerprint density at radius 1 is 0.912 bits per heavy atom. The van der Waals surface area contributed by atoms with Crippen molar-refractivity contribution in [1.82, 2.24) is 4.72 Å². The summed E-state index contributed by atoms with van der Waals surface area (Å²) in [6, 6.07) is 19.7. The SMILES string of the molecule is CNS(=O)(=O)c1cc(NCc2ccc(CC(C)C)cc2)cc(C(=O)Nc2ccc(OC)cc2)c1. The standard InChI is InChI=1S/C26H31N3O4S/c1-18(2)13-19-5-7-20(8-6-19)17-28-23-14-21(15-25(16-23)34(31,32)27-3)26(30)29-22-9-11-24(33-4)12-10-22/h5-12,14-16,18,27-28H,13,17H2,1-4H3,(H,29,30). The van der Waals surface area contributed by atoms with Crippen LogP contribution in [0.25, 0.3) is 0 Å². The van der Waals surface area contributed by atoms with Crippen LogP contribution in [0.5, 0.6) is 5.75 Å². The van der Waals surface area contributed by atoms with E-state index >= 15 is 0 Å². The van der Waals surface area contributed by atoms with E-state index in [-0.39, 0.29) is 10.5 Å². The summed E-state index contributed by atoms with van der Waals surface area (Å²) in [5.74, 6) is 0.839. The van der Waals surface area contributed by atoms with E-state index in [1.165, 1.54) is 24.7 Å². The van der Waals surface area contributed by atoms with Crippen molar-refractivity contribution in [3.63, 3.8) is 0 Å². The number of rotatable bonds is 10. The summed E-state index contributed by atoms with van der Waals surface area (Å²) in [5, 5.41) is 6.03. The van der Waals surface area contributed by atoms with Gasteiger partial charge in [-0.05, 0) is 73.0 Å². The van der Waals surface area contributed by atoms with Gasteiger partial charge >= 0.3 is 0 Å². The minimum atomic E-state index is -3.75. The summed E-state index contributed by atoms with van der Waals surface area (Å²) >= 11 is 0. The second kappa shape index (κ2) is 11.2. The molecule has 180 valence electrons. The van der Waals surface area contributed by atoms with Crippen molar-refractivity contribution in [3.05, 3.63) is 83.4 Å². The van der Waals surface area contributed by atoms with Crippen LogP contribution in [-0.4, -0.2) is 28.5 Å². The number of carbonyl (C=O) groups excluding carboxylic acids is 1. The first kappa shape index (κ1) is 25.3. The molecule has 0 aliphatic heterocycles. The zero-order valence-electron chi connectivity index (χ0n) is 19.9. The zero-order chi connectivity index (χ0) is 24.7. The number of methoxy groups -OCH3 is 1. The largest absolute Gasteiger partial charge is 0.497 e. The third kappa shape index (κ3) is 6.82. The Balaban J connectivity index is 1.81. The number of anilines is 2. The number of amides is 1. The van der Waals surface area contributed by atoms with Crippen LogP contribution >= 0.6 is 0 Å². The molecule has 1 amide bonds. The predicted molar refractivity (Wildman–Crippen MR) is 136 cm³/mol. The van der Waals surface area contributed by atoms with Crippen LogP contribution in [0.4, 0.5) is 11.4 Å². The fourth-order valence-corrected chi connectivity index (χ4v) is 4.25. The lowest BCUT2D eigenvalue weighted by atomic mass is 10.0. The lowest BCUT2D eigenvalue weighted by Gasteiger charge is -2.13. The Morgan fingerprint density at radius 3 is 2.15 bits per heavy atom. The minimum absolute atomic E-state index is 0.00663. The molecule has 3 aromatic rings. The number of sulfonamides is 1. The number of carbonyl (C=O) groups is 1. The molecule has 0 bridgehead atoms. The molecule has 0 spiro atoms. The Hall–Kier alpha value is -3.36.